The number of hydrogen-bond acceptors (Lipinski definition) is 5. The van der Waals surface area contributed by atoms with Crippen molar-refractivity contribution >= 4 is 17.3 Å². The maximum absolute atomic E-state index is 12.6. The van der Waals surface area contributed by atoms with E-state index in [-0.39, 0.29) is 11.3 Å². The number of hydrogen-bond donors (Lipinski definition) is 1. The Bertz CT molecular complexity index is 771. The molecule has 0 spiro atoms. The van der Waals surface area contributed by atoms with Crippen LogP contribution in [0.25, 0.3) is 0 Å². The molecule has 0 saturated carbocycles. The van der Waals surface area contributed by atoms with Crippen LogP contribution in [-0.2, 0) is 0 Å². The smallest absolute Gasteiger partial charge is 0.345 e. The van der Waals surface area contributed by atoms with E-state index in [9.17, 15) is 14.9 Å². The molecule has 2 aromatic rings. The van der Waals surface area contributed by atoms with Crippen LogP contribution in [0.5, 0.6) is 5.75 Å². The number of rotatable bonds is 4. The van der Waals surface area contributed by atoms with Crippen LogP contribution >= 0.6 is 0 Å². The first kappa shape index (κ1) is 16.9. The molecule has 1 saturated heterocycles. The van der Waals surface area contributed by atoms with Gasteiger partial charge in [0.05, 0.1) is 49.4 Å². The van der Waals surface area contributed by atoms with Crippen LogP contribution in [0.2, 0.25) is 0 Å². The van der Waals surface area contributed by atoms with Crippen molar-refractivity contribution in [3.05, 3.63) is 64.2 Å². The Balaban J connectivity index is 1.92. The minimum atomic E-state index is -0.587. The van der Waals surface area contributed by atoms with Gasteiger partial charge >= 0.3 is 5.97 Å². The summed E-state index contributed by atoms with van der Waals surface area (Å²) in [6.45, 7) is 3.47. The largest absolute Gasteiger partial charge is 0.423 e. The quantitative estimate of drug-likeness (QED) is 0.390. The molecule has 25 heavy (non-hydrogen) atoms. The van der Waals surface area contributed by atoms with Crippen molar-refractivity contribution in [2.45, 2.75) is 0 Å². The van der Waals surface area contributed by atoms with Crippen LogP contribution in [0.15, 0.2) is 48.5 Å². The average molecular weight is 342 g/mol. The molecule has 1 aliphatic heterocycles. The van der Waals surface area contributed by atoms with Gasteiger partial charge in [-0.1, -0.05) is 18.2 Å². The fourth-order valence-corrected chi connectivity index (χ4v) is 2.86. The molecule has 0 unspecified atom stereocenters. The number of ether oxygens (including phenoxy) is 1. The summed E-state index contributed by atoms with van der Waals surface area (Å²) in [6.07, 6.45) is 0. The first-order valence-electron chi connectivity index (χ1n) is 8.16. The summed E-state index contributed by atoms with van der Waals surface area (Å²) >= 11 is 0. The zero-order valence-electron chi connectivity index (χ0n) is 14.0. The van der Waals surface area contributed by atoms with Gasteiger partial charge in [-0.2, -0.15) is 0 Å². The van der Waals surface area contributed by atoms with Gasteiger partial charge in [0, 0.05) is 12.1 Å². The highest BCUT2D eigenvalue weighted by Crippen LogP contribution is 2.27. The maximum atomic E-state index is 12.6. The Hall–Kier alpha value is -2.93. The van der Waals surface area contributed by atoms with Crippen molar-refractivity contribution in [1.29, 1.82) is 0 Å². The number of non-ortho nitro benzene ring substituents is 1. The topological polar surface area (TPSA) is 77.1 Å². The van der Waals surface area contributed by atoms with Crippen LogP contribution in [0, 0.1) is 10.1 Å². The van der Waals surface area contributed by atoms with E-state index in [2.05, 4.69) is 11.9 Å². The Kier molecular flexibility index (Phi) is 4.95. The van der Waals surface area contributed by atoms with Crippen molar-refractivity contribution in [3.8, 4) is 5.75 Å². The fourth-order valence-electron chi connectivity index (χ4n) is 2.86. The summed E-state index contributed by atoms with van der Waals surface area (Å²) in [4.78, 5) is 26.7. The number of quaternary nitrogens is 1. The van der Waals surface area contributed by atoms with Gasteiger partial charge < -0.3 is 14.5 Å². The number of carbonyl (C=O) groups is 1. The van der Waals surface area contributed by atoms with Gasteiger partial charge in [-0.15, -0.1) is 0 Å². The molecule has 130 valence electrons. The molecule has 3 rings (SSSR count). The minimum Gasteiger partial charge on any atom is -0.423 e. The number of para-hydroxylation sites is 1. The predicted molar refractivity (Wildman–Crippen MR) is 93.3 cm³/mol. The molecular formula is C18H20N3O4+. The number of nitro groups is 1. The van der Waals surface area contributed by atoms with Gasteiger partial charge in [0.15, 0.2) is 0 Å². The van der Waals surface area contributed by atoms with Crippen LogP contribution in [0.4, 0.5) is 11.4 Å². The number of nitro benzene ring substituents is 1. The predicted octanol–water partition coefficient (Wildman–Crippen LogP) is 1.15. The van der Waals surface area contributed by atoms with E-state index in [0.717, 1.165) is 26.2 Å². The molecule has 0 radical (unpaired) electrons. The zero-order valence-corrected chi connectivity index (χ0v) is 14.0. The van der Waals surface area contributed by atoms with Crippen molar-refractivity contribution in [2.75, 3.05) is 38.1 Å². The third-order valence-corrected chi connectivity index (χ3v) is 4.32. The second-order valence-electron chi connectivity index (χ2n) is 6.11. The monoisotopic (exact) mass is 342 g/mol. The number of esters is 1. The Morgan fingerprint density at radius 1 is 1.16 bits per heavy atom. The van der Waals surface area contributed by atoms with Gasteiger partial charge in [0.25, 0.3) is 5.69 Å². The molecule has 7 heteroatoms. The van der Waals surface area contributed by atoms with E-state index in [1.165, 1.54) is 17.0 Å². The number of likely N-dealkylation sites (N-methyl/N-ethyl adjacent to an activating group) is 1. The van der Waals surface area contributed by atoms with Crippen molar-refractivity contribution in [2.24, 2.45) is 0 Å². The number of piperazine rings is 1. The summed E-state index contributed by atoms with van der Waals surface area (Å²) in [6, 6.07) is 13.1. The molecule has 1 N–H and O–H groups in total. The lowest BCUT2D eigenvalue weighted by atomic mass is 10.1. The van der Waals surface area contributed by atoms with Crippen LogP contribution in [-0.4, -0.2) is 44.1 Å². The van der Waals surface area contributed by atoms with Gasteiger partial charge in [-0.3, -0.25) is 10.1 Å². The number of benzene rings is 2. The lowest BCUT2D eigenvalue weighted by Crippen LogP contribution is -3.12. The molecule has 0 aromatic heterocycles. The molecule has 0 amide bonds. The number of nitrogens with zero attached hydrogens (tertiary/aromatic N) is 2. The molecule has 1 heterocycles. The molecule has 1 fully saturated rings. The van der Waals surface area contributed by atoms with E-state index in [0.29, 0.717) is 11.4 Å². The summed E-state index contributed by atoms with van der Waals surface area (Å²) in [7, 11) is 2.12. The second kappa shape index (κ2) is 7.31. The fraction of sp³-hybridized carbons (Fsp3) is 0.278. The van der Waals surface area contributed by atoms with E-state index >= 15 is 0 Å². The van der Waals surface area contributed by atoms with E-state index in [1.54, 1.807) is 30.3 Å². The Morgan fingerprint density at radius 3 is 2.48 bits per heavy atom. The summed E-state index contributed by atoms with van der Waals surface area (Å²) in [5, 5.41) is 11.1. The lowest BCUT2D eigenvalue weighted by Gasteiger charge is -2.32. The standard InChI is InChI=1S/C18H19N3O4/c1-19-9-11-20(12-10-19)17-8-7-14(21(23)24)13-16(17)18(22)25-15-5-3-2-4-6-15/h2-8,13H,9-12H2,1H3/p+1. The first-order chi connectivity index (χ1) is 12.0. The van der Waals surface area contributed by atoms with Crippen molar-refractivity contribution in [3.63, 3.8) is 0 Å². The summed E-state index contributed by atoms with van der Waals surface area (Å²) < 4.78 is 5.39. The molecule has 0 bridgehead atoms. The molecule has 1 aliphatic rings. The zero-order chi connectivity index (χ0) is 17.8. The maximum Gasteiger partial charge on any atom is 0.345 e. The molecular weight excluding hydrogens is 322 g/mol. The average Bonchev–Trinajstić information content (AvgIpc) is 2.62. The molecule has 0 aliphatic carbocycles. The molecule has 7 nitrogen and oxygen atoms in total. The molecule has 2 aromatic carbocycles. The normalized spacial score (nSPS) is 15.0. The van der Waals surface area contributed by atoms with Crippen molar-refractivity contribution < 1.29 is 19.4 Å². The highest BCUT2D eigenvalue weighted by molar-refractivity contribution is 5.98. The second-order valence-corrected chi connectivity index (χ2v) is 6.11. The number of nitrogens with one attached hydrogen (secondary N) is 1. The summed E-state index contributed by atoms with van der Waals surface area (Å²) in [5.74, 6) is -0.177. The van der Waals surface area contributed by atoms with E-state index in [4.69, 9.17) is 4.74 Å². The Morgan fingerprint density at radius 2 is 1.84 bits per heavy atom. The third-order valence-electron chi connectivity index (χ3n) is 4.32. The third kappa shape index (κ3) is 3.95. The highest BCUT2D eigenvalue weighted by atomic mass is 16.6. The van der Waals surface area contributed by atoms with Crippen LogP contribution < -0.4 is 14.5 Å². The van der Waals surface area contributed by atoms with Gasteiger partial charge in [-0.25, -0.2) is 4.79 Å². The van der Waals surface area contributed by atoms with Crippen molar-refractivity contribution in [1.82, 2.24) is 0 Å². The number of anilines is 1. The van der Waals surface area contributed by atoms with Gasteiger partial charge in [-0.05, 0) is 18.2 Å². The first-order valence-corrected chi connectivity index (χ1v) is 8.16. The van der Waals surface area contributed by atoms with Crippen LogP contribution in [0.1, 0.15) is 10.4 Å². The number of carbonyl (C=O) groups excluding carboxylic acids is 1. The molecule has 0 atom stereocenters. The van der Waals surface area contributed by atoms with E-state index in [1.807, 2.05) is 6.07 Å². The van der Waals surface area contributed by atoms with Crippen LogP contribution in [0.3, 0.4) is 0 Å². The van der Waals surface area contributed by atoms with Gasteiger partial charge in [0.1, 0.15) is 5.75 Å². The highest BCUT2D eigenvalue weighted by Gasteiger charge is 2.25. The SMILES string of the molecule is C[NH+]1CCN(c2ccc([N+](=O)[O-])cc2C(=O)Oc2ccccc2)CC1. The minimum absolute atomic E-state index is 0.122. The van der Waals surface area contributed by atoms with Gasteiger partial charge in [0.2, 0.25) is 0 Å². The Labute approximate surface area is 145 Å². The lowest BCUT2D eigenvalue weighted by molar-refractivity contribution is -0.880. The summed E-state index contributed by atoms with van der Waals surface area (Å²) in [5.41, 5.74) is 0.778. The van der Waals surface area contributed by atoms with E-state index < -0.39 is 10.9 Å².